The summed E-state index contributed by atoms with van der Waals surface area (Å²) < 4.78 is 10.4. The Morgan fingerprint density at radius 3 is 2.35 bits per heavy atom. The normalized spacial score (nSPS) is 29.1. The van der Waals surface area contributed by atoms with Crippen LogP contribution in [-0.2, 0) is 9.47 Å². The largest absolute Gasteiger partial charge is 0.356 e. The van der Waals surface area contributed by atoms with Crippen LogP contribution in [0.1, 0.15) is 19.3 Å². The minimum Gasteiger partial charge on any atom is -0.356 e. The van der Waals surface area contributed by atoms with E-state index < -0.39 is 0 Å². The average molecular weight is 242 g/mol. The van der Waals surface area contributed by atoms with Crippen LogP contribution >= 0.6 is 0 Å². The molecule has 17 heavy (non-hydrogen) atoms. The lowest BCUT2D eigenvalue weighted by molar-refractivity contribution is -0.107. The number of methoxy groups -OCH3 is 2. The Kier molecular flexibility index (Phi) is 5.22. The molecule has 2 heterocycles. The molecule has 2 aliphatic rings. The quantitative estimate of drug-likeness (QED) is 0.532. The third kappa shape index (κ3) is 3.65. The van der Waals surface area contributed by atoms with Crippen LogP contribution in [0.3, 0.4) is 0 Å². The van der Waals surface area contributed by atoms with Gasteiger partial charge < -0.3 is 19.7 Å². The van der Waals surface area contributed by atoms with Crippen LogP contribution in [-0.4, -0.2) is 58.1 Å². The smallest absolute Gasteiger partial charge is 0.156 e. The van der Waals surface area contributed by atoms with Gasteiger partial charge in [0.15, 0.2) is 6.29 Å². The lowest BCUT2D eigenvalue weighted by Crippen LogP contribution is -2.27. The van der Waals surface area contributed by atoms with Crippen LogP contribution in [0, 0.1) is 11.8 Å². The molecule has 2 atom stereocenters. The maximum atomic E-state index is 5.19. The fourth-order valence-corrected chi connectivity index (χ4v) is 3.11. The molecule has 0 aromatic carbocycles. The standard InChI is InChI=1S/C13H26N2O2/c1-16-13(17-2)5-3-4-6-15-9-11-7-14-8-12(11)10-15/h11-14H,3-10H2,1-2H3. The zero-order valence-electron chi connectivity index (χ0n) is 11.2. The number of hydrogen-bond donors (Lipinski definition) is 1. The van der Waals surface area contributed by atoms with Gasteiger partial charge >= 0.3 is 0 Å². The first-order valence-electron chi connectivity index (χ1n) is 6.82. The third-order valence-electron chi connectivity index (χ3n) is 4.16. The predicted octanol–water partition coefficient (Wildman–Crippen LogP) is 0.927. The lowest BCUT2D eigenvalue weighted by Gasteiger charge is -2.18. The molecule has 0 bridgehead atoms. The summed E-state index contributed by atoms with van der Waals surface area (Å²) in [5.74, 6) is 1.83. The second-order valence-corrected chi connectivity index (χ2v) is 5.33. The van der Waals surface area contributed by atoms with Gasteiger partial charge in [0.05, 0.1) is 0 Å². The summed E-state index contributed by atoms with van der Waals surface area (Å²) in [4.78, 5) is 2.63. The molecule has 0 aliphatic carbocycles. The molecule has 4 heteroatoms. The van der Waals surface area contributed by atoms with Crippen molar-refractivity contribution >= 4 is 0 Å². The lowest BCUT2D eigenvalue weighted by atomic mass is 10.0. The number of nitrogens with zero attached hydrogens (tertiary/aromatic N) is 1. The van der Waals surface area contributed by atoms with Crippen LogP contribution in [0.4, 0.5) is 0 Å². The van der Waals surface area contributed by atoms with Gasteiger partial charge in [-0.05, 0) is 50.7 Å². The first kappa shape index (κ1) is 13.3. The first-order valence-corrected chi connectivity index (χ1v) is 6.82. The van der Waals surface area contributed by atoms with E-state index in [0.717, 1.165) is 18.3 Å². The van der Waals surface area contributed by atoms with E-state index in [2.05, 4.69) is 10.2 Å². The number of hydrogen-bond acceptors (Lipinski definition) is 4. The fraction of sp³-hybridized carbons (Fsp3) is 1.00. The summed E-state index contributed by atoms with van der Waals surface area (Å²) in [6, 6.07) is 0. The molecule has 2 unspecified atom stereocenters. The molecular formula is C13H26N2O2. The van der Waals surface area contributed by atoms with Crippen molar-refractivity contribution in [2.24, 2.45) is 11.8 Å². The summed E-state index contributed by atoms with van der Waals surface area (Å²) in [6.45, 7) is 6.31. The van der Waals surface area contributed by atoms with Crippen molar-refractivity contribution in [3.05, 3.63) is 0 Å². The summed E-state index contributed by atoms with van der Waals surface area (Å²) >= 11 is 0. The van der Waals surface area contributed by atoms with E-state index in [9.17, 15) is 0 Å². The van der Waals surface area contributed by atoms with Crippen LogP contribution in [0.5, 0.6) is 0 Å². The van der Waals surface area contributed by atoms with Crippen molar-refractivity contribution in [2.75, 3.05) is 46.9 Å². The number of unbranched alkanes of at least 4 members (excludes halogenated alkanes) is 1. The Morgan fingerprint density at radius 1 is 1.12 bits per heavy atom. The molecule has 0 saturated carbocycles. The molecule has 0 radical (unpaired) electrons. The second-order valence-electron chi connectivity index (χ2n) is 5.33. The molecule has 0 aromatic heterocycles. The summed E-state index contributed by atoms with van der Waals surface area (Å²) in [6.07, 6.45) is 3.44. The fourth-order valence-electron chi connectivity index (χ4n) is 3.11. The van der Waals surface area contributed by atoms with Crippen LogP contribution < -0.4 is 5.32 Å². The Bertz CT molecular complexity index is 209. The van der Waals surface area contributed by atoms with E-state index in [0.29, 0.717) is 0 Å². The van der Waals surface area contributed by atoms with E-state index in [4.69, 9.17) is 9.47 Å². The molecule has 2 rings (SSSR count). The number of rotatable bonds is 7. The molecule has 0 spiro atoms. The topological polar surface area (TPSA) is 33.7 Å². The molecular weight excluding hydrogens is 216 g/mol. The number of likely N-dealkylation sites (tertiary alicyclic amines) is 1. The van der Waals surface area contributed by atoms with E-state index in [1.165, 1.54) is 45.6 Å². The first-order chi connectivity index (χ1) is 8.33. The third-order valence-corrected chi connectivity index (χ3v) is 4.16. The van der Waals surface area contributed by atoms with Crippen LogP contribution in [0.25, 0.3) is 0 Å². The maximum Gasteiger partial charge on any atom is 0.156 e. The SMILES string of the molecule is COC(CCCCN1CC2CNCC2C1)OC. The molecule has 2 saturated heterocycles. The molecule has 2 fully saturated rings. The van der Waals surface area contributed by atoms with Crippen molar-refractivity contribution in [1.29, 1.82) is 0 Å². The van der Waals surface area contributed by atoms with Crippen molar-refractivity contribution in [1.82, 2.24) is 10.2 Å². The van der Waals surface area contributed by atoms with Crippen LogP contribution in [0.15, 0.2) is 0 Å². The molecule has 100 valence electrons. The van der Waals surface area contributed by atoms with Crippen molar-refractivity contribution in [3.63, 3.8) is 0 Å². The molecule has 1 N–H and O–H groups in total. The van der Waals surface area contributed by atoms with Gasteiger partial charge in [0.1, 0.15) is 0 Å². The van der Waals surface area contributed by atoms with Gasteiger partial charge in [0.2, 0.25) is 0 Å². The monoisotopic (exact) mass is 242 g/mol. The number of nitrogens with one attached hydrogen (secondary N) is 1. The Hall–Kier alpha value is -0.160. The predicted molar refractivity (Wildman–Crippen MR) is 67.9 cm³/mol. The Morgan fingerprint density at radius 2 is 1.76 bits per heavy atom. The summed E-state index contributed by atoms with van der Waals surface area (Å²) in [5.41, 5.74) is 0. The van der Waals surface area contributed by atoms with Crippen molar-refractivity contribution < 1.29 is 9.47 Å². The highest BCUT2D eigenvalue weighted by Crippen LogP contribution is 2.26. The molecule has 4 nitrogen and oxygen atoms in total. The molecule has 0 amide bonds. The van der Waals surface area contributed by atoms with Crippen molar-refractivity contribution in [2.45, 2.75) is 25.6 Å². The highest BCUT2D eigenvalue weighted by atomic mass is 16.7. The average Bonchev–Trinajstić information content (AvgIpc) is 2.89. The van der Waals surface area contributed by atoms with Gasteiger partial charge in [0, 0.05) is 27.3 Å². The Balaban J connectivity index is 1.54. The minimum atomic E-state index is -0.0165. The van der Waals surface area contributed by atoms with E-state index in [1.807, 2.05) is 0 Å². The van der Waals surface area contributed by atoms with Gasteiger partial charge in [0.25, 0.3) is 0 Å². The number of fused-ring (bicyclic) bond motifs is 1. The van der Waals surface area contributed by atoms with Gasteiger partial charge in [-0.15, -0.1) is 0 Å². The van der Waals surface area contributed by atoms with Gasteiger partial charge in [-0.3, -0.25) is 0 Å². The highest BCUT2D eigenvalue weighted by Gasteiger charge is 2.35. The van der Waals surface area contributed by atoms with E-state index in [1.54, 1.807) is 14.2 Å². The highest BCUT2D eigenvalue weighted by molar-refractivity contribution is 4.90. The second kappa shape index (κ2) is 6.69. The number of ether oxygens (including phenoxy) is 2. The zero-order valence-corrected chi connectivity index (χ0v) is 11.2. The van der Waals surface area contributed by atoms with Gasteiger partial charge in [-0.1, -0.05) is 0 Å². The Labute approximate surface area is 105 Å². The zero-order chi connectivity index (χ0) is 12.1. The van der Waals surface area contributed by atoms with Gasteiger partial charge in [-0.2, -0.15) is 0 Å². The maximum absolute atomic E-state index is 5.19. The minimum absolute atomic E-state index is 0.0165. The van der Waals surface area contributed by atoms with E-state index >= 15 is 0 Å². The summed E-state index contributed by atoms with van der Waals surface area (Å²) in [5, 5.41) is 3.48. The summed E-state index contributed by atoms with van der Waals surface area (Å²) in [7, 11) is 3.42. The molecule has 0 aromatic rings. The van der Waals surface area contributed by atoms with Crippen molar-refractivity contribution in [3.8, 4) is 0 Å². The van der Waals surface area contributed by atoms with E-state index in [-0.39, 0.29) is 6.29 Å². The molecule has 2 aliphatic heterocycles. The van der Waals surface area contributed by atoms with Gasteiger partial charge in [-0.25, -0.2) is 0 Å². The van der Waals surface area contributed by atoms with Crippen LogP contribution in [0.2, 0.25) is 0 Å².